The van der Waals surface area contributed by atoms with Gasteiger partial charge < -0.3 is 15.1 Å². The summed E-state index contributed by atoms with van der Waals surface area (Å²) in [5.74, 6) is 0.959. The third-order valence-electron chi connectivity index (χ3n) is 6.39. The van der Waals surface area contributed by atoms with E-state index in [1.54, 1.807) is 30.1 Å². The van der Waals surface area contributed by atoms with Gasteiger partial charge in [0.1, 0.15) is 11.7 Å². The number of thioether (sulfide) groups is 1. The Morgan fingerprint density at radius 3 is 2.86 bits per heavy atom. The highest BCUT2D eigenvalue weighted by Crippen LogP contribution is 2.41. The summed E-state index contributed by atoms with van der Waals surface area (Å²) < 4.78 is 0. The fraction of sp³-hybridized carbons (Fsp3) is 0.619. The van der Waals surface area contributed by atoms with E-state index in [1.165, 1.54) is 0 Å². The van der Waals surface area contributed by atoms with Crippen LogP contribution in [0.5, 0.6) is 0 Å². The summed E-state index contributed by atoms with van der Waals surface area (Å²) in [7, 11) is 0. The lowest BCUT2D eigenvalue weighted by molar-refractivity contribution is -0.159. The van der Waals surface area contributed by atoms with E-state index in [1.807, 2.05) is 22.1 Å². The molecule has 0 aromatic carbocycles. The summed E-state index contributed by atoms with van der Waals surface area (Å²) in [5.41, 5.74) is 0.435. The van der Waals surface area contributed by atoms with Crippen LogP contribution in [0.1, 0.15) is 36.2 Å². The van der Waals surface area contributed by atoms with Gasteiger partial charge in [-0.05, 0) is 43.6 Å². The Balaban J connectivity index is 1.58. The van der Waals surface area contributed by atoms with Crippen LogP contribution in [0.2, 0.25) is 0 Å². The van der Waals surface area contributed by atoms with E-state index in [0.717, 1.165) is 25.0 Å². The molecule has 29 heavy (non-hydrogen) atoms. The Labute approximate surface area is 175 Å². The molecule has 0 spiro atoms. The Kier molecular flexibility index (Phi) is 6.08. The van der Waals surface area contributed by atoms with Crippen molar-refractivity contribution >= 4 is 29.5 Å². The minimum atomic E-state index is -0.481. The van der Waals surface area contributed by atoms with Gasteiger partial charge in [-0.3, -0.25) is 19.4 Å². The monoisotopic (exact) mass is 416 g/mol. The van der Waals surface area contributed by atoms with Crippen LogP contribution in [-0.4, -0.2) is 76.2 Å². The molecule has 3 saturated heterocycles. The Bertz CT molecular complexity index is 774. The maximum atomic E-state index is 13.1. The summed E-state index contributed by atoms with van der Waals surface area (Å²) in [4.78, 5) is 46.8. The molecule has 0 radical (unpaired) electrons. The third kappa shape index (κ3) is 3.99. The van der Waals surface area contributed by atoms with Crippen LogP contribution in [0, 0.1) is 11.8 Å². The molecular formula is C21H28N4O3S. The van der Waals surface area contributed by atoms with E-state index in [0.29, 0.717) is 31.7 Å². The summed E-state index contributed by atoms with van der Waals surface area (Å²) >= 11 is 1.68. The number of rotatable bonds is 5. The van der Waals surface area contributed by atoms with Crippen LogP contribution in [0.25, 0.3) is 0 Å². The topological polar surface area (TPSA) is 82.6 Å². The number of aromatic nitrogens is 1. The molecule has 0 unspecified atom stereocenters. The molecule has 3 aliphatic heterocycles. The molecule has 2 bridgehead atoms. The molecule has 3 fully saturated rings. The van der Waals surface area contributed by atoms with Crippen molar-refractivity contribution in [1.29, 1.82) is 0 Å². The lowest BCUT2D eigenvalue weighted by Crippen LogP contribution is -2.68. The number of hydrogen-bond acceptors (Lipinski definition) is 5. The highest BCUT2D eigenvalue weighted by atomic mass is 32.2. The van der Waals surface area contributed by atoms with Crippen LogP contribution in [0.3, 0.4) is 0 Å². The molecule has 4 atom stereocenters. The van der Waals surface area contributed by atoms with Gasteiger partial charge in [-0.25, -0.2) is 0 Å². The van der Waals surface area contributed by atoms with E-state index in [2.05, 4.69) is 10.3 Å². The predicted octanol–water partition coefficient (Wildman–Crippen LogP) is 1.40. The molecule has 0 aliphatic carbocycles. The maximum Gasteiger partial charge on any atom is 0.272 e. The van der Waals surface area contributed by atoms with Gasteiger partial charge in [-0.2, -0.15) is 11.8 Å². The number of nitrogens with one attached hydrogen (secondary N) is 1. The van der Waals surface area contributed by atoms with Crippen molar-refractivity contribution in [1.82, 2.24) is 20.1 Å². The second-order valence-corrected chi connectivity index (χ2v) is 9.16. The number of piperidine rings is 3. The van der Waals surface area contributed by atoms with E-state index in [-0.39, 0.29) is 35.6 Å². The fourth-order valence-corrected chi connectivity index (χ4v) is 5.50. The first kappa shape index (κ1) is 20.2. The van der Waals surface area contributed by atoms with E-state index in [4.69, 9.17) is 0 Å². The summed E-state index contributed by atoms with van der Waals surface area (Å²) in [6.45, 7) is 1.71. The minimum Gasteiger partial charge on any atom is -0.353 e. The van der Waals surface area contributed by atoms with Gasteiger partial charge >= 0.3 is 0 Å². The first-order chi connectivity index (χ1) is 14.1. The maximum absolute atomic E-state index is 13.1. The van der Waals surface area contributed by atoms with Gasteiger partial charge in [0, 0.05) is 50.0 Å². The lowest BCUT2D eigenvalue weighted by Gasteiger charge is -2.55. The predicted molar refractivity (Wildman–Crippen MR) is 111 cm³/mol. The number of carbonyl (C=O) groups is 3. The largest absolute Gasteiger partial charge is 0.353 e. The first-order valence-electron chi connectivity index (χ1n) is 10.4. The number of nitrogens with zero attached hydrogens (tertiary/aromatic N) is 3. The molecule has 4 heterocycles. The molecule has 7 nitrogen and oxygen atoms in total. The van der Waals surface area contributed by atoms with Gasteiger partial charge in [0.15, 0.2) is 0 Å². The summed E-state index contributed by atoms with van der Waals surface area (Å²) in [6, 6.07) is 4.90. The average Bonchev–Trinajstić information content (AvgIpc) is 2.74. The summed E-state index contributed by atoms with van der Waals surface area (Å²) in [5, 5.41) is 3.02. The van der Waals surface area contributed by atoms with Crippen molar-refractivity contribution < 1.29 is 14.4 Å². The van der Waals surface area contributed by atoms with Crippen LogP contribution in [0.15, 0.2) is 24.4 Å². The smallest absolute Gasteiger partial charge is 0.272 e. The Hall–Kier alpha value is -2.09. The van der Waals surface area contributed by atoms with Crippen molar-refractivity contribution in [3.05, 3.63) is 30.1 Å². The highest BCUT2D eigenvalue weighted by Gasteiger charge is 2.52. The molecule has 4 rings (SSSR count). The van der Waals surface area contributed by atoms with Gasteiger partial charge in [0.05, 0.1) is 0 Å². The van der Waals surface area contributed by atoms with E-state index in [9.17, 15) is 14.4 Å². The quantitative estimate of drug-likeness (QED) is 0.734. The molecule has 1 aromatic heterocycles. The van der Waals surface area contributed by atoms with Gasteiger partial charge in [0.2, 0.25) is 11.8 Å². The molecule has 156 valence electrons. The van der Waals surface area contributed by atoms with E-state index >= 15 is 0 Å². The zero-order valence-corrected chi connectivity index (χ0v) is 17.6. The van der Waals surface area contributed by atoms with Crippen molar-refractivity contribution in [3.8, 4) is 0 Å². The lowest BCUT2D eigenvalue weighted by atomic mass is 9.71. The number of fused-ring (bicyclic) bond motifs is 4. The highest BCUT2D eigenvalue weighted by molar-refractivity contribution is 7.98. The van der Waals surface area contributed by atoms with Gasteiger partial charge in [0.25, 0.3) is 5.91 Å². The fourth-order valence-electron chi connectivity index (χ4n) is 5.19. The zero-order chi connectivity index (χ0) is 20.4. The number of amides is 3. The van der Waals surface area contributed by atoms with Crippen molar-refractivity contribution in [2.75, 3.05) is 31.6 Å². The van der Waals surface area contributed by atoms with Crippen molar-refractivity contribution in [2.45, 2.75) is 37.8 Å². The normalized spacial score (nSPS) is 28.7. The molecular weight excluding hydrogens is 388 g/mol. The average molecular weight is 417 g/mol. The van der Waals surface area contributed by atoms with E-state index < -0.39 is 6.04 Å². The summed E-state index contributed by atoms with van der Waals surface area (Å²) in [6.07, 6.45) is 6.80. The standard InChI is InChI=1S/C21H28N4O3S/c1-29-10-9-23-20(27)19-15-11-14(17-6-4-7-18(26)25(17)19)12-24(13-15)21(28)16-5-2-3-8-22-16/h2-3,5,8,14-15,17,19H,4,6-7,9-13H2,1H3,(H,23,27)/t14-,15+,17-,19+/m0/s1. The number of hydrogen-bond donors (Lipinski definition) is 1. The number of carbonyl (C=O) groups excluding carboxylic acids is 3. The van der Waals surface area contributed by atoms with Crippen molar-refractivity contribution in [3.63, 3.8) is 0 Å². The number of likely N-dealkylation sites (tertiary alicyclic amines) is 1. The Morgan fingerprint density at radius 1 is 1.28 bits per heavy atom. The molecule has 3 aliphatic rings. The number of pyridine rings is 1. The molecule has 3 amide bonds. The van der Waals surface area contributed by atoms with Crippen molar-refractivity contribution in [2.24, 2.45) is 11.8 Å². The van der Waals surface area contributed by atoms with Gasteiger partial charge in [-0.15, -0.1) is 0 Å². The minimum absolute atomic E-state index is 0.0333. The van der Waals surface area contributed by atoms with Crippen LogP contribution in [-0.2, 0) is 9.59 Å². The molecule has 1 N–H and O–H groups in total. The second kappa shape index (κ2) is 8.73. The zero-order valence-electron chi connectivity index (χ0n) is 16.8. The van der Waals surface area contributed by atoms with Crippen LogP contribution < -0.4 is 5.32 Å². The SMILES string of the molecule is CSCCNC(=O)[C@H]1[C@@H]2C[C@@H](CN(C(=O)c3ccccn3)C2)[C@@H]2CCCC(=O)N21. The second-order valence-electron chi connectivity index (χ2n) is 8.17. The molecule has 1 aromatic rings. The molecule has 0 saturated carbocycles. The van der Waals surface area contributed by atoms with Crippen LogP contribution in [0.4, 0.5) is 0 Å². The van der Waals surface area contributed by atoms with Gasteiger partial charge in [-0.1, -0.05) is 6.07 Å². The third-order valence-corrected chi connectivity index (χ3v) is 7.00. The molecule has 8 heteroatoms. The first-order valence-corrected chi connectivity index (χ1v) is 11.8. The van der Waals surface area contributed by atoms with Crippen LogP contribution >= 0.6 is 11.8 Å². The Morgan fingerprint density at radius 2 is 2.10 bits per heavy atom.